The SMILES string of the molecule is Cc1ccc(C)c(SCCCCCCCCCS)c1. The Morgan fingerprint density at radius 2 is 1.53 bits per heavy atom. The molecule has 0 amide bonds. The van der Waals surface area contributed by atoms with E-state index in [2.05, 4.69) is 44.7 Å². The van der Waals surface area contributed by atoms with E-state index in [1.807, 2.05) is 11.8 Å². The summed E-state index contributed by atoms with van der Waals surface area (Å²) in [5, 5.41) is 0. The van der Waals surface area contributed by atoms with Crippen LogP contribution in [-0.2, 0) is 0 Å². The Hall–Kier alpha value is -0.0800. The summed E-state index contributed by atoms with van der Waals surface area (Å²) < 4.78 is 0. The fourth-order valence-electron chi connectivity index (χ4n) is 2.14. The second kappa shape index (κ2) is 10.7. The van der Waals surface area contributed by atoms with Gasteiger partial charge in [0.15, 0.2) is 0 Å². The largest absolute Gasteiger partial charge is 0.179 e. The predicted octanol–water partition coefficient (Wildman–Crippen LogP) is 6.06. The summed E-state index contributed by atoms with van der Waals surface area (Å²) in [7, 11) is 0. The van der Waals surface area contributed by atoms with Crippen LogP contribution in [0.1, 0.15) is 56.1 Å². The Morgan fingerprint density at radius 3 is 2.21 bits per heavy atom. The number of hydrogen-bond acceptors (Lipinski definition) is 2. The van der Waals surface area contributed by atoms with E-state index in [4.69, 9.17) is 0 Å². The van der Waals surface area contributed by atoms with Crippen LogP contribution in [0, 0.1) is 13.8 Å². The van der Waals surface area contributed by atoms with Crippen molar-refractivity contribution in [1.29, 1.82) is 0 Å². The van der Waals surface area contributed by atoms with E-state index in [0.29, 0.717) is 0 Å². The maximum atomic E-state index is 4.24. The smallest absolute Gasteiger partial charge is 0.0104 e. The first-order chi connectivity index (χ1) is 9.24. The van der Waals surface area contributed by atoms with Crippen molar-refractivity contribution in [2.24, 2.45) is 0 Å². The second-order valence-electron chi connectivity index (χ2n) is 5.32. The minimum atomic E-state index is 1.05. The first kappa shape index (κ1) is 17.0. The molecule has 0 aliphatic heterocycles. The van der Waals surface area contributed by atoms with Gasteiger partial charge in [0.1, 0.15) is 0 Å². The highest BCUT2D eigenvalue weighted by molar-refractivity contribution is 7.99. The van der Waals surface area contributed by atoms with Gasteiger partial charge in [-0.25, -0.2) is 0 Å². The summed E-state index contributed by atoms with van der Waals surface area (Å²) in [6.07, 6.45) is 9.59. The zero-order valence-electron chi connectivity index (χ0n) is 12.5. The van der Waals surface area contributed by atoms with Gasteiger partial charge in [-0.2, -0.15) is 12.6 Å². The van der Waals surface area contributed by atoms with Crippen LogP contribution in [0.5, 0.6) is 0 Å². The van der Waals surface area contributed by atoms with Gasteiger partial charge in [0.25, 0.3) is 0 Å². The number of benzene rings is 1. The molecule has 2 heteroatoms. The van der Waals surface area contributed by atoms with Crippen LogP contribution in [0.4, 0.5) is 0 Å². The average Bonchev–Trinajstić information content (AvgIpc) is 2.40. The van der Waals surface area contributed by atoms with Crippen LogP contribution in [0.2, 0.25) is 0 Å². The third-order valence-corrected chi connectivity index (χ3v) is 4.96. The summed E-state index contributed by atoms with van der Waals surface area (Å²) in [6, 6.07) is 6.75. The minimum absolute atomic E-state index is 1.05. The first-order valence-electron chi connectivity index (χ1n) is 7.55. The Bertz CT molecular complexity index is 347. The Balaban J connectivity index is 2.03. The van der Waals surface area contributed by atoms with E-state index >= 15 is 0 Å². The van der Waals surface area contributed by atoms with Crippen molar-refractivity contribution in [1.82, 2.24) is 0 Å². The molecule has 0 saturated heterocycles. The summed E-state index contributed by atoms with van der Waals surface area (Å²) in [5.74, 6) is 2.31. The van der Waals surface area contributed by atoms with Crippen LogP contribution in [0.3, 0.4) is 0 Å². The molecule has 0 N–H and O–H groups in total. The highest BCUT2D eigenvalue weighted by atomic mass is 32.2. The van der Waals surface area contributed by atoms with Crippen molar-refractivity contribution in [2.75, 3.05) is 11.5 Å². The van der Waals surface area contributed by atoms with Crippen molar-refractivity contribution in [2.45, 2.75) is 63.7 Å². The van der Waals surface area contributed by atoms with Crippen LogP contribution < -0.4 is 0 Å². The molecule has 0 heterocycles. The molecule has 1 aromatic carbocycles. The molecule has 0 nitrogen and oxygen atoms in total. The summed E-state index contributed by atoms with van der Waals surface area (Å²) in [6.45, 7) is 4.39. The van der Waals surface area contributed by atoms with Gasteiger partial charge in [0.2, 0.25) is 0 Å². The second-order valence-corrected chi connectivity index (χ2v) is 6.90. The lowest BCUT2D eigenvalue weighted by atomic mass is 10.1. The van der Waals surface area contributed by atoms with E-state index in [0.717, 1.165) is 5.75 Å². The molecule has 0 radical (unpaired) electrons. The lowest BCUT2D eigenvalue weighted by molar-refractivity contribution is 0.605. The van der Waals surface area contributed by atoms with E-state index in [-0.39, 0.29) is 0 Å². The lowest BCUT2D eigenvalue weighted by Gasteiger charge is -2.06. The molecule has 0 aliphatic carbocycles. The minimum Gasteiger partial charge on any atom is -0.179 e. The number of rotatable bonds is 10. The molecule has 0 fully saturated rings. The summed E-state index contributed by atoms with van der Waals surface area (Å²) in [5.41, 5.74) is 2.79. The number of aryl methyl sites for hydroxylation is 2. The summed E-state index contributed by atoms with van der Waals surface area (Å²) in [4.78, 5) is 1.47. The molecular formula is C17H28S2. The Kier molecular flexibility index (Phi) is 9.54. The number of thioether (sulfide) groups is 1. The van der Waals surface area contributed by atoms with Crippen molar-refractivity contribution in [3.8, 4) is 0 Å². The zero-order valence-corrected chi connectivity index (χ0v) is 14.2. The number of unbranched alkanes of at least 4 members (excludes halogenated alkanes) is 6. The fourth-order valence-corrected chi connectivity index (χ4v) is 3.50. The number of hydrogen-bond donors (Lipinski definition) is 1. The van der Waals surface area contributed by atoms with Gasteiger partial charge in [-0.1, -0.05) is 49.8 Å². The molecule has 0 unspecified atom stereocenters. The topological polar surface area (TPSA) is 0 Å². The van der Waals surface area contributed by atoms with Crippen LogP contribution in [0.15, 0.2) is 23.1 Å². The van der Waals surface area contributed by atoms with E-state index in [1.54, 1.807) is 0 Å². The van der Waals surface area contributed by atoms with Gasteiger partial charge in [-0.3, -0.25) is 0 Å². The van der Waals surface area contributed by atoms with Crippen molar-refractivity contribution < 1.29 is 0 Å². The van der Waals surface area contributed by atoms with Crippen molar-refractivity contribution >= 4 is 24.4 Å². The quantitative estimate of drug-likeness (QED) is 0.311. The average molecular weight is 297 g/mol. The molecule has 1 aromatic rings. The third kappa shape index (κ3) is 7.94. The molecule has 0 bridgehead atoms. The van der Waals surface area contributed by atoms with Crippen molar-refractivity contribution in [3.63, 3.8) is 0 Å². The molecule has 0 saturated carbocycles. The van der Waals surface area contributed by atoms with Gasteiger partial charge < -0.3 is 0 Å². The van der Waals surface area contributed by atoms with Gasteiger partial charge >= 0.3 is 0 Å². The van der Waals surface area contributed by atoms with Gasteiger partial charge in [-0.15, -0.1) is 11.8 Å². The molecule has 0 aromatic heterocycles. The van der Waals surface area contributed by atoms with Crippen LogP contribution >= 0.6 is 24.4 Å². The Morgan fingerprint density at radius 1 is 0.895 bits per heavy atom. The van der Waals surface area contributed by atoms with Gasteiger partial charge in [0.05, 0.1) is 0 Å². The number of thiol groups is 1. The van der Waals surface area contributed by atoms with E-state index in [1.165, 1.54) is 66.7 Å². The van der Waals surface area contributed by atoms with Crippen molar-refractivity contribution in [3.05, 3.63) is 29.3 Å². The zero-order chi connectivity index (χ0) is 13.9. The molecule has 0 spiro atoms. The highest BCUT2D eigenvalue weighted by Gasteiger charge is 1.99. The van der Waals surface area contributed by atoms with E-state index < -0.39 is 0 Å². The maximum absolute atomic E-state index is 4.24. The molecular weight excluding hydrogens is 268 g/mol. The standard InChI is InChI=1S/C17H28S2/c1-15-10-11-16(2)17(14-15)19-13-9-7-5-3-4-6-8-12-18/h10-11,14,18H,3-9,12-13H2,1-2H3. The Labute approximate surface area is 129 Å². The summed E-state index contributed by atoms with van der Waals surface area (Å²) >= 11 is 6.26. The maximum Gasteiger partial charge on any atom is 0.0104 e. The molecule has 1 rings (SSSR count). The fraction of sp³-hybridized carbons (Fsp3) is 0.647. The first-order valence-corrected chi connectivity index (χ1v) is 9.17. The third-order valence-electron chi connectivity index (χ3n) is 3.40. The highest BCUT2D eigenvalue weighted by Crippen LogP contribution is 2.24. The molecule has 0 aliphatic rings. The van der Waals surface area contributed by atoms with E-state index in [9.17, 15) is 0 Å². The van der Waals surface area contributed by atoms with Crippen LogP contribution in [-0.4, -0.2) is 11.5 Å². The molecule has 19 heavy (non-hydrogen) atoms. The van der Waals surface area contributed by atoms with Crippen LogP contribution in [0.25, 0.3) is 0 Å². The molecule has 108 valence electrons. The monoisotopic (exact) mass is 296 g/mol. The lowest BCUT2D eigenvalue weighted by Crippen LogP contribution is -1.86. The molecule has 0 atom stereocenters. The predicted molar refractivity (Wildman–Crippen MR) is 92.8 cm³/mol. The van der Waals surface area contributed by atoms with Gasteiger partial charge in [-0.05, 0) is 49.8 Å². The normalized spacial score (nSPS) is 10.9. The van der Waals surface area contributed by atoms with Gasteiger partial charge in [0, 0.05) is 4.90 Å².